The summed E-state index contributed by atoms with van der Waals surface area (Å²) in [4.78, 5) is 14.0. The second-order valence-corrected chi connectivity index (χ2v) is 3.43. The predicted octanol–water partition coefficient (Wildman–Crippen LogP) is 1.28. The molecule has 0 aliphatic heterocycles. The zero-order chi connectivity index (χ0) is 9.68. The summed E-state index contributed by atoms with van der Waals surface area (Å²) in [5, 5.41) is 0. The number of esters is 1. The third kappa shape index (κ3) is 3.20. The maximum atomic E-state index is 11.2. The molecule has 0 aromatic carbocycles. The fourth-order valence-corrected chi connectivity index (χ4v) is 1.16. The number of hydrogen-bond acceptors (Lipinski definition) is 3. The summed E-state index contributed by atoms with van der Waals surface area (Å²) in [6.45, 7) is 0.897. The number of halogens is 1. The largest absolute Gasteiger partial charge is 0.461 e. The zero-order valence-corrected chi connectivity index (χ0v) is 8.63. The van der Waals surface area contributed by atoms with Crippen LogP contribution in [0.2, 0.25) is 0 Å². The molecule has 72 valence electrons. The van der Waals surface area contributed by atoms with Gasteiger partial charge in [-0.05, 0) is 35.0 Å². The van der Waals surface area contributed by atoms with E-state index in [9.17, 15) is 4.79 Å². The molecule has 0 fully saturated rings. The van der Waals surface area contributed by atoms with E-state index in [1.807, 2.05) is 0 Å². The number of nitrogens with one attached hydrogen (secondary N) is 1. The van der Waals surface area contributed by atoms with Gasteiger partial charge in [0.1, 0.15) is 5.69 Å². The highest BCUT2D eigenvalue weighted by Gasteiger charge is 2.08. The van der Waals surface area contributed by atoms with E-state index in [0.717, 1.165) is 4.47 Å². The first-order valence-corrected chi connectivity index (χ1v) is 4.74. The molecule has 0 radical (unpaired) electrons. The molecule has 0 amide bonds. The summed E-state index contributed by atoms with van der Waals surface area (Å²) in [7, 11) is 0. The Balaban J connectivity index is 2.40. The van der Waals surface area contributed by atoms with Gasteiger partial charge in [-0.3, -0.25) is 0 Å². The second kappa shape index (κ2) is 5.04. The summed E-state index contributed by atoms with van der Waals surface area (Å²) < 4.78 is 5.74. The van der Waals surface area contributed by atoms with E-state index < -0.39 is 0 Å². The first-order chi connectivity index (χ1) is 6.24. The normalized spacial score (nSPS) is 10.0. The standard InChI is InChI=1S/C8H11BrN2O2/c9-6-4-7(11-5-6)8(12)13-3-1-2-10/h4-5,11H,1-3,10H2. The summed E-state index contributed by atoms with van der Waals surface area (Å²) >= 11 is 3.22. The quantitative estimate of drug-likeness (QED) is 0.622. The Hall–Kier alpha value is -0.810. The van der Waals surface area contributed by atoms with Gasteiger partial charge >= 0.3 is 5.97 Å². The molecule has 1 rings (SSSR count). The van der Waals surface area contributed by atoms with Crippen molar-refractivity contribution in [1.29, 1.82) is 0 Å². The van der Waals surface area contributed by atoms with E-state index in [4.69, 9.17) is 10.5 Å². The Morgan fingerprint density at radius 1 is 1.69 bits per heavy atom. The molecule has 0 atom stereocenters. The number of carbonyl (C=O) groups excluding carboxylic acids is 1. The van der Waals surface area contributed by atoms with E-state index in [1.54, 1.807) is 12.3 Å². The van der Waals surface area contributed by atoms with E-state index in [1.165, 1.54) is 0 Å². The van der Waals surface area contributed by atoms with Crippen LogP contribution in [-0.4, -0.2) is 24.1 Å². The first kappa shape index (κ1) is 10.3. The number of ether oxygens (including phenoxy) is 1. The molecule has 0 aliphatic rings. The topological polar surface area (TPSA) is 68.1 Å². The van der Waals surface area contributed by atoms with E-state index in [-0.39, 0.29) is 5.97 Å². The predicted molar refractivity (Wildman–Crippen MR) is 52.4 cm³/mol. The third-order valence-electron chi connectivity index (χ3n) is 1.45. The van der Waals surface area contributed by atoms with Gasteiger partial charge in [-0.25, -0.2) is 4.79 Å². The molecule has 0 unspecified atom stereocenters. The maximum Gasteiger partial charge on any atom is 0.354 e. The molecule has 0 saturated heterocycles. The van der Waals surface area contributed by atoms with Crippen LogP contribution in [0.3, 0.4) is 0 Å². The van der Waals surface area contributed by atoms with Crippen molar-refractivity contribution >= 4 is 21.9 Å². The van der Waals surface area contributed by atoms with E-state index in [2.05, 4.69) is 20.9 Å². The molecule has 3 N–H and O–H groups in total. The van der Waals surface area contributed by atoms with Gasteiger partial charge in [0.25, 0.3) is 0 Å². The number of aromatic amines is 1. The Bertz CT molecular complexity index is 285. The number of hydrogen-bond donors (Lipinski definition) is 2. The summed E-state index contributed by atoms with van der Waals surface area (Å²) in [5.74, 6) is -0.348. The van der Waals surface area contributed by atoms with Crippen molar-refractivity contribution in [3.63, 3.8) is 0 Å². The Morgan fingerprint density at radius 3 is 3.00 bits per heavy atom. The maximum absolute atomic E-state index is 11.2. The molecule has 0 spiro atoms. The average molecular weight is 247 g/mol. The Morgan fingerprint density at radius 2 is 2.46 bits per heavy atom. The van der Waals surface area contributed by atoms with Crippen molar-refractivity contribution < 1.29 is 9.53 Å². The van der Waals surface area contributed by atoms with Gasteiger partial charge in [0, 0.05) is 10.7 Å². The minimum Gasteiger partial charge on any atom is -0.461 e. The van der Waals surface area contributed by atoms with E-state index in [0.29, 0.717) is 25.3 Å². The minimum absolute atomic E-state index is 0.348. The highest BCUT2D eigenvalue weighted by molar-refractivity contribution is 9.10. The lowest BCUT2D eigenvalue weighted by Gasteiger charge is -2.00. The summed E-state index contributed by atoms with van der Waals surface area (Å²) in [6, 6.07) is 1.67. The zero-order valence-electron chi connectivity index (χ0n) is 7.05. The lowest BCUT2D eigenvalue weighted by atomic mass is 10.4. The first-order valence-electron chi connectivity index (χ1n) is 3.95. The van der Waals surface area contributed by atoms with Crippen molar-refractivity contribution in [1.82, 2.24) is 4.98 Å². The van der Waals surface area contributed by atoms with Crippen molar-refractivity contribution in [2.75, 3.05) is 13.2 Å². The molecule has 4 nitrogen and oxygen atoms in total. The van der Waals surface area contributed by atoms with Gasteiger partial charge in [-0.15, -0.1) is 0 Å². The third-order valence-corrected chi connectivity index (χ3v) is 1.91. The highest BCUT2D eigenvalue weighted by atomic mass is 79.9. The van der Waals surface area contributed by atoms with Crippen LogP contribution in [0.5, 0.6) is 0 Å². The van der Waals surface area contributed by atoms with Crippen LogP contribution in [-0.2, 0) is 4.74 Å². The molecule has 0 saturated carbocycles. The molecule has 13 heavy (non-hydrogen) atoms. The number of carbonyl (C=O) groups is 1. The van der Waals surface area contributed by atoms with Crippen LogP contribution in [0.4, 0.5) is 0 Å². The lowest BCUT2D eigenvalue weighted by Crippen LogP contribution is -2.10. The molecular formula is C8H11BrN2O2. The van der Waals surface area contributed by atoms with Gasteiger partial charge in [0.15, 0.2) is 0 Å². The number of aromatic nitrogens is 1. The van der Waals surface area contributed by atoms with Crippen molar-refractivity contribution in [2.45, 2.75) is 6.42 Å². The summed E-state index contributed by atoms with van der Waals surface area (Å²) in [6.07, 6.45) is 2.37. The van der Waals surface area contributed by atoms with Crippen LogP contribution in [0.15, 0.2) is 16.7 Å². The van der Waals surface area contributed by atoms with E-state index >= 15 is 0 Å². The van der Waals surface area contributed by atoms with Crippen LogP contribution >= 0.6 is 15.9 Å². The van der Waals surface area contributed by atoms with Crippen LogP contribution < -0.4 is 5.73 Å². The van der Waals surface area contributed by atoms with Crippen LogP contribution in [0, 0.1) is 0 Å². The average Bonchev–Trinajstić information content (AvgIpc) is 2.52. The molecule has 0 bridgehead atoms. The van der Waals surface area contributed by atoms with Gasteiger partial charge in [-0.1, -0.05) is 0 Å². The minimum atomic E-state index is -0.348. The fourth-order valence-electron chi connectivity index (χ4n) is 0.812. The molecule has 1 aromatic rings. The number of rotatable bonds is 4. The van der Waals surface area contributed by atoms with Gasteiger partial charge in [0.2, 0.25) is 0 Å². The van der Waals surface area contributed by atoms with Gasteiger partial charge < -0.3 is 15.5 Å². The molecule has 0 aliphatic carbocycles. The SMILES string of the molecule is NCCCOC(=O)c1cc(Br)c[nH]1. The number of H-pyrrole nitrogens is 1. The van der Waals surface area contributed by atoms with Crippen LogP contribution in [0.1, 0.15) is 16.9 Å². The lowest BCUT2D eigenvalue weighted by molar-refractivity contribution is 0.0497. The van der Waals surface area contributed by atoms with Crippen LogP contribution in [0.25, 0.3) is 0 Å². The molecule has 1 aromatic heterocycles. The van der Waals surface area contributed by atoms with Crippen molar-refractivity contribution in [3.05, 3.63) is 22.4 Å². The van der Waals surface area contributed by atoms with Crippen molar-refractivity contribution in [2.24, 2.45) is 5.73 Å². The summed E-state index contributed by atoms with van der Waals surface area (Å²) in [5.41, 5.74) is 5.70. The Kier molecular flexibility index (Phi) is 3.98. The molecule has 1 heterocycles. The van der Waals surface area contributed by atoms with Crippen molar-refractivity contribution in [3.8, 4) is 0 Å². The second-order valence-electron chi connectivity index (χ2n) is 2.51. The molecular weight excluding hydrogens is 236 g/mol. The highest BCUT2D eigenvalue weighted by Crippen LogP contribution is 2.11. The molecule has 5 heteroatoms. The Labute approximate surface area is 84.6 Å². The number of nitrogens with two attached hydrogens (primary N) is 1. The fraction of sp³-hybridized carbons (Fsp3) is 0.375. The smallest absolute Gasteiger partial charge is 0.354 e. The van der Waals surface area contributed by atoms with Gasteiger partial charge in [-0.2, -0.15) is 0 Å². The monoisotopic (exact) mass is 246 g/mol. The van der Waals surface area contributed by atoms with Gasteiger partial charge in [0.05, 0.1) is 6.61 Å².